The van der Waals surface area contributed by atoms with Crippen molar-refractivity contribution in [2.75, 3.05) is 39.8 Å². The highest BCUT2D eigenvalue weighted by molar-refractivity contribution is 6.24. The Hall–Kier alpha value is -2.78. The number of rotatable bonds is 9. The van der Waals surface area contributed by atoms with Gasteiger partial charge in [0.2, 0.25) is 11.8 Å². The fourth-order valence-corrected chi connectivity index (χ4v) is 4.92. The van der Waals surface area contributed by atoms with Crippen molar-refractivity contribution in [3.05, 3.63) is 29.3 Å². The van der Waals surface area contributed by atoms with Crippen molar-refractivity contribution in [1.82, 2.24) is 20.4 Å². The van der Waals surface area contributed by atoms with Gasteiger partial charge in [-0.25, -0.2) is 0 Å². The van der Waals surface area contributed by atoms with Crippen LogP contribution in [0.3, 0.4) is 0 Å². The number of carbonyl (C=O) groups excluding carboxylic acids is 4. The van der Waals surface area contributed by atoms with Gasteiger partial charge in [-0.3, -0.25) is 29.4 Å². The summed E-state index contributed by atoms with van der Waals surface area (Å²) in [6.45, 7) is 4.65. The van der Waals surface area contributed by atoms with Crippen LogP contribution in [0.2, 0.25) is 0 Å². The quantitative estimate of drug-likeness (QED) is 0.424. The molecule has 1 unspecified atom stereocenters. The summed E-state index contributed by atoms with van der Waals surface area (Å²) in [6.07, 6.45) is 4.74. The van der Waals surface area contributed by atoms with Crippen molar-refractivity contribution >= 4 is 23.6 Å². The highest BCUT2D eigenvalue weighted by Gasteiger charge is 2.45. The van der Waals surface area contributed by atoms with E-state index >= 15 is 0 Å². The monoisotopic (exact) mass is 456 g/mol. The molecule has 4 rings (SSSR count). The molecular formula is C24H32N4O5. The van der Waals surface area contributed by atoms with E-state index < -0.39 is 23.8 Å². The Morgan fingerprint density at radius 1 is 1.09 bits per heavy atom. The summed E-state index contributed by atoms with van der Waals surface area (Å²) < 4.78 is 5.92. The molecule has 0 aliphatic carbocycles. The van der Waals surface area contributed by atoms with Gasteiger partial charge >= 0.3 is 0 Å². The van der Waals surface area contributed by atoms with Crippen LogP contribution in [0, 0.1) is 5.92 Å². The van der Waals surface area contributed by atoms with Crippen molar-refractivity contribution in [3.63, 3.8) is 0 Å². The lowest BCUT2D eigenvalue weighted by molar-refractivity contribution is -0.136. The molecule has 0 radical (unpaired) electrons. The molecule has 0 aromatic heterocycles. The van der Waals surface area contributed by atoms with Gasteiger partial charge in [0.05, 0.1) is 17.7 Å². The third kappa shape index (κ3) is 5.09. The van der Waals surface area contributed by atoms with E-state index in [0.29, 0.717) is 12.4 Å². The fraction of sp³-hybridized carbons (Fsp3) is 0.583. The molecule has 0 spiro atoms. The number of amides is 4. The number of nitrogens with one attached hydrogen (secondary N) is 2. The SMILES string of the molecule is CNCCC1CCN(CCCOc2cccc3c2C(=O)N(C2CCC(=O)NC2=O)C3=O)CC1. The second kappa shape index (κ2) is 10.4. The first-order chi connectivity index (χ1) is 16.0. The van der Waals surface area contributed by atoms with Crippen LogP contribution in [-0.4, -0.2) is 79.3 Å². The van der Waals surface area contributed by atoms with Crippen molar-refractivity contribution in [3.8, 4) is 5.75 Å². The average molecular weight is 457 g/mol. The van der Waals surface area contributed by atoms with Gasteiger partial charge in [-0.05, 0) is 76.8 Å². The van der Waals surface area contributed by atoms with E-state index in [2.05, 4.69) is 15.5 Å². The number of nitrogens with zero attached hydrogens (tertiary/aromatic N) is 2. The molecule has 2 fully saturated rings. The Kier molecular flexibility index (Phi) is 7.39. The first-order valence-electron chi connectivity index (χ1n) is 11.8. The van der Waals surface area contributed by atoms with Gasteiger partial charge in [0.1, 0.15) is 11.8 Å². The van der Waals surface area contributed by atoms with Crippen molar-refractivity contribution < 1.29 is 23.9 Å². The maximum atomic E-state index is 13.1. The molecule has 178 valence electrons. The summed E-state index contributed by atoms with van der Waals surface area (Å²) in [6, 6.07) is 3.97. The molecule has 9 nitrogen and oxygen atoms in total. The minimum atomic E-state index is -0.973. The molecule has 2 saturated heterocycles. The van der Waals surface area contributed by atoms with Gasteiger partial charge in [-0.1, -0.05) is 6.07 Å². The Bertz CT molecular complexity index is 925. The lowest BCUT2D eigenvalue weighted by atomic mass is 9.93. The Balaban J connectivity index is 1.31. The molecule has 1 aromatic rings. The Labute approximate surface area is 193 Å². The molecule has 4 amide bonds. The number of imide groups is 2. The molecule has 9 heteroatoms. The van der Waals surface area contributed by atoms with E-state index in [1.54, 1.807) is 18.2 Å². The molecule has 0 saturated carbocycles. The van der Waals surface area contributed by atoms with Crippen LogP contribution >= 0.6 is 0 Å². The normalized spacial score (nSPS) is 22.0. The zero-order valence-electron chi connectivity index (χ0n) is 19.1. The van der Waals surface area contributed by atoms with Gasteiger partial charge in [0.25, 0.3) is 11.8 Å². The number of hydrogen-bond acceptors (Lipinski definition) is 7. The maximum Gasteiger partial charge on any atom is 0.266 e. The largest absolute Gasteiger partial charge is 0.493 e. The first-order valence-corrected chi connectivity index (χ1v) is 11.8. The summed E-state index contributed by atoms with van der Waals surface area (Å²) in [5.74, 6) is -0.893. The summed E-state index contributed by atoms with van der Waals surface area (Å²) in [4.78, 5) is 53.1. The fourth-order valence-electron chi connectivity index (χ4n) is 4.92. The minimum Gasteiger partial charge on any atom is -0.493 e. The Morgan fingerprint density at radius 2 is 1.88 bits per heavy atom. The molecule has 33 heavy (non-hydrogen) atoms. The smallest absolute Gasteiger partial charge is 0.266 e. The summed E-state index contributed by atoms with van der Waals surface area (Å²) in [7, 11) is 1.99. The van der Waals surface area contributed by atoms with Crippen LogP contribution in [0.1, 0.15) is 59.2 Å². The lowest BCUT2D eigenvalue weighted by Gasteiger charge is -2.31. The highest BCUT2D eigenvalue weighted by Crippen LogP contribution is 2.33. The van der Waals surface area contributed by atoms with E-state index in [4.69, 9.17) is 4.74 Å². The number of ether oxygens (including phenoxy) is 1. The van der Waals surface area contributed by atoms with Gasteiger partial charge < -0.3 is 15.0 Å². The van der Waals surface area contributed by atoms with Gasteiger partial charge in [0, 0.05) is 13.0 Å². The first kappa shape index (κ1) is 23.4. The third-order valence-corrected chi connectivity index (χ3v) is 6.82. The average Bonchev–Trinajstić information content (AvgIpc) is 3.07. The zero-order valence-corrected chi connectivity index (χ0v) is 19.1. The van der Waals surface area contributed by atoms with Gasteiger partial charge in [-0.15, -0.1) is 0 Å². The predicted octanol–water partition coefficient (Wildman–Crippen LogP) is 1.18. The summed E-state index contributed by atoms with van der Waals surface area (Å²) >= 11 is 0. The molecule has 3 heterocycles. The van der Waals surface area contributed by atoms with E-state index in [9.17, 15) is 19.2 Å². The molecule has 3 aliphatic rings. The molecule has 3 aliphatic heterocycles. The third-order valence-electron chi connectivity index (χ3n) is 6.82. The maximum absolute atomic E-state index is 13.1. The minimum absolute atomic E-state index is 0.0971. The van der Waals surface area contributed by atoms with E-state index in [-0.39, 0.29) is 29.9 Å². The topological polar surface area (TPSA) is 108 Å². The number of hydrogen-bond donors (Lipinski definition) is 2. The summed E-state index contributed by atoms with van der Waals surface area (Å²) in [5.41, 5.74) is 0.448. The van der Waals surface area contributed by atoms with E-state index in [1.165, 1.54) is 19.3 Å². The van der Waals surface area contributed by atoms with Gasteiger partial charge in [-0.2, -0.15) is 0 Å². The van der Waals surface area contributed by atoms with Crippen molar-refractivity contribution in [2.45, 2.75) is 44.6 Å². The van der Waals surface area contributed by atoms with Crippen molar-refractivity contribution in [1.29, 1.82) is 0 Å². The van der Waals surface area contributed by atoms with E-state index in [0.717, 1.165) is 43.4 Å². The van der Waals surface area contributed by atoms with Crippen LogP contribution in [0.5, 0.6) is 5.75 Å². The standard InChI is InChI=1S/C24H32N4O5/c1-25-11-8-16-9-13-27(14-10-16)12-3-15-33-19-5-2-4-17-21(19)24(32)28(23(17)31)18-6-7-20(29)26-22(18)30/h2,4-5,16,18,25H,3,6-15H2,1H3,(H,26,29,30). The van der Waals surface area contributed by atoms with Crippen LogP contribution in [0.15, 0.2) is 18.2 Å². The van der Waals surface area contributed by atoms with Crippen molar-refractivity contribution in [2.24, 2.45) is 5.92 Å². The molecule has 1 atom stereocenters. The lowest BCUT2D eigenvalue weighted by Crippen LogP contribution is -2.54. The van der Waals surface area contributed by atoms with Crippen LogP contribution in [0.25, 0.3) is 0 Å². The van der Waals surface area contributed by atoms with Crippen LogP contribution < -0.4 is 15.4 Å². The highest BCUT2D eigenvalue weighted by atomic mass is 16.5. The number of piperidine rings is 2. The number of benzene rings is 1. The van der Waals surface area contributed by atoms with Crippen LogP contribution in [-0.2, 0) is 9.59 Å². The second-order valence-corrected chi connectivity index (χ2v) is 9.01. The number of fused-ring (bicyclic) bond motifs is 1. The molecular weight excluding hydrogens is 424 g/mol. The Morgan fingerprint density at radius 3 is 2.61 bits per heavy atom. The summed E-state index contributed by atoms with van der Waals surface area (Å²) in [5, 5.41) is 5.43. The molecule has 1 aromatic carbocycles. The zero-order chi connectivity index (χ0) is 23.4. The van der Waals surface area contributed by atoms with Gasteiger partial charge in [0.15, 0.2) is 0 Å². The molecule has 2 N–H and O–H groups in total. The predicted molar refractivity (Wildman–Crippen MR) is 121 cm³/mol. The number of likely N-dealkylation sites (tertiary alicyclic amines) is 1. The molecule has 0 bridgehead atoms. The second-order valence-electron chi connectivity index (χ2n) is 9.01. The number of carbonyl (C=O) groups is 4. The van der Waals surface area contributed by atoms with E-state index in [1.807, 2.05) is 7.05 Å². The van der Waals surface area contributed by atoms with Crippen LogP contribution in [0.4, 0.5) is 0 Å².